The number of phosphoric ester groups is 1. The van der Waals surface area contributed by atoms with Crippen molar-refractivity contribution in [3.05, 3.63) is 12.2 Å². The van der Waals surface area contributed by atoms with Crippen LogP contribution in [0.15, 0.2) is 12.2 Å². The number of nitrogens with zero attached hydrogens (tertiary/aromatic N) is 1. The number of ether oxygens (including phenoxy) is 2. The summed E-state index contributed by atoms with van der Waals surface area (Å²) in [5.41, 5.74) is 0. The molecule has 0 heterocycles. The third-order valence-corrected chi connectivity index (χ3v) is 10.7. The Bertz CT molecular complexity index is 938. The summed E-state index contributed by atoms with van der Waals surface area (Å²) in [7, 11) is 1.17. The van der Waals surface area contributed by atoms with Gasteiger partial charge in [-0.1, -0.05) is 167 Å². The number of hydrogen-bond donors (Lipinski definition) is 0. The highest BCUT2D eigenvalue weighted by atomic mass is 31.2. The Morgan fingerprint density at radius 1 is 0.556 bits per heavy atom. The number of hydrogen-bond acceptors (Lipinski definition) is 8. The number of phosphoric acid groups is 1. The summed E-state index contributed by atoms with van der Waals surface area (Å²) in [6, 6.07) is 0. The topological polar surface area (TPSA) is 111 Å². The van der Waals surface area contributed by atoms with E-state index in [1.807, 2.05) is 21.1 Å². The van der Waals surface area contributed by atoms with Gasteiger partial charge in [0.15, 0.2) is 6.10 Å². The fraction of sp³-hybridized carbons (Fsp3) is 0.909. The van der Waals surface area contributed by atoms with Crippen molar-refractivity contribution in [3.63, 3.8) is 0 Å². The zero-order valence-corrected chi connectivity index (χ0v) is 36.8. The molecule has 9 nitrogen and oxygen atoms in total. The smallest absolute Gasteiger partial charge is 0.306 e. The Morgan fingerprint density at radius 2 is 0.944 bits per heavy atom. The molecule has 1 unspecified atom stereocenters. The van der Waals surface area contributed by atoms with Crippen molar-refractivity contribution >= 4 is 19.8 Å². The van der Waals surface area contributed by atoms with Crippen LogP contribution in [0.1, 0.15) is 206 Å². The average Bonchev–Trinajstić information content (AvgIpc) is 3.12. The maximum Gasteiger partial charge on any atom is 0.306 e. The van der Waals surface area contributed by atoms with Crippen LogP contribution in [-0.2, 0) is 32.7 Å². The number of likely N-dealkylation sites (N-methyl/N-ethyl adjacent to an activating group) is 1. The molecule has 0 amide bonds. The van der Waals surface area contributed by atoms with Crippen molar-refractivity contribution in [1.82, 2.24) is 0 Å². The minimum atomic E-state index is -4.62. The van der Waals surface area contributed by atoms with Crippen molar-refractivity contribution in [2.75, 3.05) is 47.5 Å². The largest absolute Gasteiger partial charge is 0.756 e. The average molecular weight is 788 g/mol. The summed E-state index contributed by atoms with van der Waals surface area (Å²) in [4.78, 5) is 37.5. The van der Waals surface area contributed by atoms with Gasteiger partial charge >= 0.3 is 11.9 Å². The van der Waals surface area contributed by atoms with Gasteiger partial charge in [0.1, 0.15) is 19.8 Å². The molecule has 0 saturated carbocycles. The first-order valence-corrected chi connectivity index (χ1v) is 23.9. The quantitative estimate of drug-likeness (QED) is 0.0198. The fourth-order valence-electron chi connectivity index (χ4n) is 6.24. The number of carbonyl (C=O) groups is 2. The van der Waals surface area contributed by atoms with E-state index in [1.54, 1.807) is 0 Å². The Labute approximate surface area is 333 Å². The van der Waals surface area contributed by atoms with Gasteiger partial charge in [-0.3, -0.25) is 14.2 Å². The number of allylic oxidation sites excluding steroid dienone is 2. The van der Waals surface area contributed by atoms with E-state index < -0.39 is 26.5 Å². The molecule has 0 aliphatic heterocycles. The van der Waals surface area contributed by atoms with Gasteiger partial charge in [-0.25, -0.2) is 0 Å². The summed E-state index contributed by atoms with van der Waals surface area (Å²) in [5.74, 6) is -0.835. The zero-order chi connectivity index (χ0) is 40.0. The predicted molar refractivity (Wildman–Crippen MR) is 222 cm³/mol. The molecule has 0 aromatic heterocycles. The molecule has 0 rings (SSSR count). The van der Waals surface area contributed by atoms with E-state index in [0.717, 1.165) is 51.4 Å². The normalized spacial score (nSPS) is 13.7. The second-order valence-corrected chi connectivity index (χ2v) is 17.8. The lowest BCUT2D eigenvalue weighted by Crippen LogP contribution is -2.37. The molecule has 0 N–H and O–H groups in total. The lowest BCUT2D eigenvalue weighted by atomic mass is 10.0. The third-order valence-electron chi connectivity index (χ3n) is 9.79. The predicted octanol–water partition coefficient (Wildman–Crippen LogP) is 11.9. The molecule has 2 atom stereocenters. The van der Waals surface area contributed by atoms with Gasteiger partial charge in [-0.2, -0.15) is 0 Å². The van der Waals surface area contributed by atoms with Crippen LogP contribution in [0.3, 0.4) is 0 Å². The van der Waals surface area contributed by atoms with Gasteiger partial charge in [-0.05, 0) is 38.5 Å². The lowest BCUT2D eigenvalue weighted by Gasteiger charge is -2.28. The maximum atomic E-state index is 12.7. The van der Waals surface area contributed by atoms with Gasteiger partial charge in [-0.15, -0.1) is 0 Å². The first-order valence-electron chi connectivity index (χ1n) is 22.4. The Balaban J connectivity index is 4.30. The summed E-state index contributed by atoms with van der Waals surface area (Å²) in [5, 5.41) is 0. The molecular weight excluding hydrogens is 701 g/mol. The van der Waals surface area contributed by atoms with Crippen LogP contribution in [0.5, 0.6) is 0 Å². The highest BCUT2D eigenvalue weighted by Crippen LogP contribution is 2.38. The molecule has 54 heavy (non-hydrogen) atoms. The van der Waals surface area contributed by atoms with Gasteiger partial charge in [0, 0.05) is 12.8 Å². The summed E-state index contributed by atoms with van der Waals surface area (Å²) >= 11 is 0. The third kappa shape index (κ3) is 40.4. The molecule has 0 saturated heterocycles. The van der Waals surface area contributed by atoms with Crippen LogP contribution in [0.25, 0.3) is 0 Å². The highest BCUT2D eigenvalue weighted by molar-refractivity contribution is 7.45. The van der Waals surface area contributed by atoms with E-state index in [4.69, 9.17) is 18.5 Å². The van der Waals surface area contributed by atoms with Gasteiger partial charge in [0.25, 0.3) is 7.82 Å². The Morgan fingerprint density at radius 3 is 1.41 bits per heavy atom. The zero-order valence-electron chi connectivity index (χ0n) is 35.9. The van der Waals surface area contributed by atoms with Crippen LogP contribution in [0.4, 0.5) is 0 Å². The number of rotatable bonds is 41. The van der Waals surface area contributed by atoms with Gasteiger partial charge in [0.2, 0.25) is 0 Å². The highest BCUT2D eigenvalue weighted by Gasteiger charge is 2.21. The summed E-state index contributed by atoms with van der Waals surface area (Å²) in [6.45, 7) is 4.22. The molecule has 0 aliphatic carbocycles. The molecule has 0 aromatic rings. The van der Waals surface area contributed by atoms with E-state index >= 15 is 0 Å². The van der Waals surface area contributed by atoms with Crippen LogP contribution < -0.4 is 4.89 Å². The van der Waals surface area contributed by atoms with Gasteiger partial charge < -0.3 is 27.9 Å². The number of quaternary nitrogens is 1. The molecule has 0 bridgehead atoms. The second-order valence-electron chi connectivity index (χ2n) is 16.4. The van der Waals surface area contributed by atoms with Crippen LogP contribution in [0.2, 0.25) is 0 Å². The van der Waals surface area contributed by atoms with Crippen LogP contribution in [-0.4, -0.2) is 70.0 Å². The molecule has 10 heteroatoms. The number of carbonyl (C=O) groups excluding carboxylic acids is 2. The number of unbranched alkanes of at least 4 members (excludes halogenated alkanes) is 25. The summed E-state index contributed by atoms with van der Waals surface area (Å²) in [6.07, 6.45) is 38.1. The minimum absolute atomic E-state index is 0.0289. The van der Waals surface area contributed by atoms with E-state index in [9.17, 15) is 19.0 Å². The van der Waals surface area contributed by atoms with E-state index in [1.165, 1.54) is 122 Å². The molecular formula is C44H86NO8P. The Hall–Kier alpha value is -1.25. The molecule has 320 valence electrons. The SMILES string of the molecule is CCCCC/C=C/CCCCCCCC(=O)OC[C@H](COP(=O)([O-])OCC[N+](C)(C)C)OC(=O)CCCCCCCCCCCCCCCCCCCC. The Kier molecular flexibility index (Phi) is 36.5. The van der Waals surface area contributed by atoms with Crippen molar-refractivity contribution in [2.24, 2.45) is 0 Å². The first kappa shape index (κ1) is 52.8. The van der Waals surface area contributed by atoms with Crippen molar-refractivity contribution in [2.45, 2.75) is 213 Å². The standard InChI is InChI=1S/C44H86NO8P/c1-6-8-10-12-14-16-18-20-21-22-23-24-25-27-29-31-33-35-37-44(47)53-42(41-52-54(48,49)51-39-38-45(3,4)5)40-50-43(46)36-34-32-30-28-26-19-17-15-13-11-9-7-2/h15,17,42H,6-14,16,18-41H2,1-5H3/b17-15+/t42-/m1/s1. The van der Waals surface area contributed by atoms with Crippen molar-refractivity contribution in [3.8, 4) is 0 Å². The lowest BCUT2D eigenvalue weighted by molar-refractivity contribution is -0.870. The first-order chi connectivity index (χ1) is 26.0. The van der Waals surface area contributed by atoms with E-state index in [-0.39, 0.29) is 32.0 Å². The van der Waals surface area contributed by atoms with E-state index in [0.29, 0.717) is 17.4 Å². The summed E-state index contributed by atoms with van der Waals surface area (Å²) < 4.78 is 33.9. The second kappa shape index (κ2) is 37.3. The molecule has 0 spiro atoms. The fourth-order valence-corrected chi connectivity index (χ4v) is 6.97. The molecule has 0 aromatic carbocycles. The number of esters is 2. The minimum Gasteiger partial charge on any atom is -0.756 e. The van der Waals surface area contributed by atoms with Crippen molar-refractivity contribution in [1.29, 1.82) is 0 Å². The van der Waals surface area contributed by atoms with Gasteiger partial charge in [0.05, 0.1) is 27.7 Å². The van der Waals surface area contributed by atoms with Crippen LogP contribution in [0, 0.1) is 0 Å². The molecule has 0 fully saturated rings. The maximum absolute atomic E-state index is 12.7. The monoisotopic (exact) mass is 788 g/mol. The molecule has 0 aliphatic rings. The van der Waals surface area contributed by atoms with Crippen LogP contribution >= 0.6 is 7.82 Å². The molecule has 0 radical (unpaired) electrons. The van der Waals surface area contributed by atoms with E-state index in [2.05, 4.69) is 26.0 Å². The van der Waals surface area contributed by atoms with Crippen molar-refractivity contribution < 1.29 is 42.1 Å².